The molecule has 7 rings (SSSR count). The van der Waals surface area contributed by atoms with Crippen LogP contribution in [0.5, 0.6) is 0 Å². The van der Waals surface area contributed by atoms with Crippen LogP contribution in [-0.2, 0) is 0 Å². The van der Waals surface area contributed by atoms with Crippen molar-refractivity contribution < 1.29 is 0 Å². The molecule has 2 aromatic heterocycles. The van der Waals surface area contributed by atoms with Crippen molar-refractivity contribution in [3.05, 3.63) is 115 Å². The highest BCUT2D eigenvalue weighted by atomic mass is 32.1. The van der Waals surface area contributed by atoms with Crippen LogP contribution in [0.2, 0.25) is 0 Å². The lowest BCUT2D eigenvalue weighted by Gasteiger charge is -2.09. The van der Waals surface area contributed by atoms with Crippen molar-refractivity contribution in [3.8, 4) is 34.2 Å². The number of nitrogens with zero attached hydrogens (tertiary/aromatic N) is 3. The van der Waals surface area contributed by atoms with Crippen molar-refractivity contribution in [3.63, 3.8) is 0 Å². The van der Waals surface area contributed by atoms with Crippen molar-refractivity contribution in [2.75, 3.05) is 0 Å². The molecule has 5 aromatic carbocycles. The predicted octanol–water partition coefficient (Wildman–Crippen LogP) is 8.39. The molecular weight excluding hydrogens is 446 g/mol. The van der Waals surface area contributed by atoms with E-state index in [-0.39, 0.29) is 0 Å². The second kappa shape index (κ2) is 8.12. The van der Waals surface area contributed by atoms with Crippen molar-refractivity contribution >= 4 is 42.3 Å². The summed E-state index contributed by atoms with van der Waals surface area (Å²) in [5.41, 5.74) is 2.99. The number of fused-ring (bicyclic) bond motifs is 4. The maximum atomic E-state index is 5.01. The van der Waals surface area contributed by atoms with Gasteiger partial charge in [0.25, 0.3) is 0 Å². The summed E-state index contributed by atoms with van der Waals surface area (Å²) < 4.78 is 2.46. The van der Waals surface area contributed by atoms with E-state index in [0.717, 1.165) is 16.7 Å². The first kappa shape index (κ1) is 20.0. The molecule has 35 heavy (non-hydrogen) atoms. The molecule has 0 amide bonds. The molecule has 0 aliphatic heterocycles. The van der Waals surface area contributed by atoms with Gasteiger partial charge in [-0.25, -0.2) is 15.0 Å². The third-order valence-electron chi connectivity index (χ3n) is 6.32. The summed E-state index contributed by atoms with van der Waals surface area (Å²) in [4.78, 5) is 14.9. The smallest absolute Gasteiger partial charge is 0.165 e. The Bertz CT molecular complexity index is 1850. The minimum atomic E-state index is 0.678. The number of hydrogen-bond acceptors (Lipinski definition) is 4. The average Bonchev–Trinajstić information content (AvgIpc) is 3.32. The highest BCUT2D eigenvalue weighted by Gasteiger charge is 2.16. The van der Waals surface area contributed by atoms with Gasteiger partial charge in [-0.2, -0.15) is 0 Å². The molecule has 3 nitrogen and oxygen atoms in total. The summed E-state index contributed by atoms with van der Waals surface area (Å²) in [5.74, 6) is 2.05. The van der Waals surface area contributed by atoms with E-state index in [1.54, 1.807) is 11.3 Å². The van der Waals surface area contributed by atoms with Gasteiger partial charge in [0.1, 0.15) is 0 Å². The van der Waals surface area contributed by atoms with Gasteiger partial charge in [0.2, 0.25) is 0 Å². The SMILES string of the molecule is c1ccc(-c2nc(-c3ccc4ccccc4c3)nc(-c3cccc4c3sc3ccccc34)n2)cc1. The molecule has 0 unspecified atom stereocenters. The van der Waals surface area contributed by atoms with Crippen LogP contribution in [0.1, 0.15) is 0 Å². The normalized spacial score (nSPS) is 11.4. The lowest BCUT2D eigenvalue weighted by molar-refractivity contribution is 1.08. The van der Waals surface area contributed by atoms with Crippen LogP contribution in [0.4, 0.5) is 0 Å². The summed E-state index contributed by atoms with van der Waals surface area (Å²) in [5, 5.41) is 4.86. The zero-order valence-electron chi connectivity index (χ0n) is 18.7. The van der Waals surface area contributed by atoms with Crippen LogP contribution in [0.3, 0.4) is 0 Å². The summed E-state index contributed by atoms with van der Waals surface area (Å²) in [7, 11) is 0. The van der Waals surface area contributed by atoms with Crippen molar-refractivity contribution in [2.45, 2.75) is 0 Å². The molecule has 0 atom stereocenters. The zero-order valence-corrected chi connectivity index (χ0v) is 19.5. The number of benzene rings is 5. The fourth-order valence-corrected chi connectivity index (χ4v) is 5.81. The Morgan fingerprint density at radius 2 is 1.14 bits per heavy atom. The number of hydrogen-bond donors (Lipinski definition) is 0. The third-order valence-corrected chi connectivity index (χ3v) is 7.54. The van der Waals surface area contributed by atoms with Crippen LogP contribution in [0.25, 0.3) is 65.1 Å². The lowest BCUT2D eigenvalue weighted by Crippen LogP contribution is -2.00. The maximum absolute atomic E-state index is 5.01. The highest BCUT2D eigenvalue weighted by Crippen LogP contribution is 2.39. The van der Waals surface area contributed by atoms with E-state index in [9.17, 15) is 0 Å². The highest BCUT2D eigenvalue weighted by molar-refractivity contribution is 7.26. The first-order chi connectivity index (χ1) is 17.3. The third kappa shape index (κ3) is 3.47. The Hall–Kier alpha value is -4.41. The van der Waals surface area contributed by atoms with Crippen LogP contribution >= 0.6 is 11.3 Å². The molecule has 0 radical (unpaired) electrons. The molecule has 0 bridgehead atoms. The Morgan fingerprint density at radius 3 is 2.03 bits per heavy atom. The van der Waals surface area contributed by atoms with Gasteiger partial charge in [0.05, 0.1) is 0 Å². The van der Waals surface area contributed by atoms with Gasteiger partial charge in [-0.1, -0.05) is 97.1 Å². The molecule has 2 heterocycles. The van der Waals surface area contributed by atoms with E-state index in [1.807, 2.05) is 30.3 Å². The molecule has 0 aliphatic carbocycles. The monoisotopic (exact) mass is 465 g/mol. The van der Waals surface area contributed by atoms with Gasteiger partial charge in [-0.3, -0.25) is 0 Å². The molecule has 164 valence electrons. The van der Waals surface area contributed by atoms with Gasteiger partial charge < -0.3 is 0 Å². The minimum absolute atomic E-state index is 0.678. The van der Waals surface area contributed by atoms with E-state index >= 15 is 0 Å². The molecule has 0 saturated heterocycles. The van der Waals surface area contributed by atoms with Crippen LogP contribution in [0.15, 0.2) is 115 Å². The largest absolute Gasteiger partial charge is 0.208 e. The number of rotatable bonds is 3. The molecule has 4 heteroatoms. The Balaban J connectivity index is 1.49. The molecular formula is C31H19N3S. The van der Waals surface area contributed by atoms with Crippen LogP contribution in [0, 0.1) is 0 Å². The van der Waals surface area contributed by atoms with Gasteiger partial charge in [-0.15, -0.1) is 11.3 Å². The molecule has 0 N–H and O–H groups in total. The minimum Gasteiger partial charge on any atom is -0.208 e. The molecule has 7 aromatic rings. The second-order valence-electron chi connectivity index (χ2n) is 8.51. The summed E-state index contributed by atoms with van der Waals surface area (Å²) >= 11 is 1.79. The topological polar surface area (TPSA) is 38.7 Å². The van der Waals surface area contributed by atoms with E-state index in [2.05, 4.69) is 84.9 Å². The zero-order chi connectivity index (χ0) is 23.2. The number of thiophene rings is 1. The van der Waals surface area contributed by atoms with Crippen molar-refractivity contribution in [1.29, 1.82) is 0 Å². The van der Waals surface area contributed by atoms with Gasteiger partial charge in [0.15, 0.2) is 17.5 Å². The van der Waals surface area contributed by atoms with E-state index in [4.69, 9.17) is 15.0 Å². The first-order valence-corrected chi connectivity index (χ1v) is 12.4. The van der Waals surface area contributed by atoms with E-state index in [1.165, 1.54) is 30.9 Å². The van der Waals surface area contributed by atoms with Gasteiger partial charge >= 0.3 is 0 Å². The second-order valence-corrected chi connectivity index (χ2v) is 9.57. The first-order valence-electron chi connectivity index (χ1n) is 11.5. The van der Waals surface area contributed by atoms with E-state index in [0.29, 0.717) is 17.5 Å². The number of aromatic nitrogens is 3. The summed E-state index contributed by atoms with van der Waals surface area (Å²) in [6, 6.07) is 39.8. The molecule has 0 spiro atoms. The van der Waals surface area contributed by atoms with Gasteiger partial charge in [-0.05, 0) is 29.0 Å². The molecule has 0 saturated carbocycles. The Kier molecular flexibility index (Phi) is 4.64. The molecule has 0 fully saturated rings. The fourth-order valence-electron chi connectivity index (χ4n) is 4.59. The van der Waals surface area contributed by atoms with Crippen molar-refractivity contribution in [2.24, 2.45) is 0 Å². The quantitative estimate of drug-likeness (QED) is 0.263. The van der Waals surface area contributed by atoms with Gasteiger partial charge in [0, 0.05) is 36.9 Å². The maximum Gasteiger partial charge on any atom is 0.165 e. The molecule has 0 aliphatic rings. The Labute approximate surface area is 206 Å². The summed E-state index contributed by atoms with van der Waals surface area (Å²) in [6.45, 7) is 0. The standard InChI is InChI=1S/C31H19N3S/c1-2-10-21(11-3-1)29-32-30(23-18-17-20-9-4-5-12-22(20)19-23)34-31(33-29)26-15-8-14-25-24-13-6-7-16-27(24)35-28(25)26/h1-19H. The van der Waals surface area contributed by atoms with Crippen LogP contribution < -0.4 is 0 Å². The fraction of sp³-hybridized carbons (Fsp3) is 0. The van der Waals surface area contributed by atoms with Crippen LogP contribution in [-0.4, -0.2) is 15.0 Å². The van der Waals surface area contributed by atoms with E-state index < -0.39 is 0 Å². The lowest BCUT2D eigenvalue weighted by atomic mass is 10.1. The Morgan fingerprint density at radius 1 is 0.457 bits per heavy atom. The summed E-state index contributed by atoms with van der Waals surface area (Å²) in [6.07, 6.45) is 0. The average molecular weight is 466 g/mol. The van der Waals surface area contributed by atoms with Crippen molar-refractivity contribution in [1.82, 2.24) is 15.0 Å². The predicted molar refractivity (Wildman–Crippen MR) is 147 cm³/mol.